The first-order chi connectivity index (χ1) is 7.54. The number of benzene rings is 1. The second-order valence-corrected chi connectivity index (χ2v) is 4.22. The summed E-state index contributed by atoms with van der Waals surface area (Å²) >= 11 is 9.12. The first kappa shape index (κ1) is 6.31. The van der Waals surface area contributed by atoms with E-state index >= 15 is 0 Å². The van der Waals surface area contributed by atoms with E-state index in [2.05, 4.69) is 15.9 Å². The van der Waals surface area contributed by atoms with E-state index in [-0.39, 0.29) is 23.1 Å². The van der Waals surface area contributed by atoms with Crippen LogP contribution in [-0.2, 0) is 0 Å². The van der Waals surface area contributed by atoms with Crippen molar-refractivity contribution in [3.05, 3.63) is 27.6 Å². The zero-order valence-electron chi connectivity index (χ0n) is 10.0. The second-order valence-electron chi connectivity index (χ2n) is 3.05. The maximum atomic E-state index is 7.95. The molecule has 1 aliphatic heterocycles. The summed E-state index contributed by atoms with van der Waals surface area (Å²) in [4.78, 5) is 2.00. The number of hydrogen-bond acceptors (Lipinski definition) is 1. The Balaban J connectivity index is 2.59. The topological polar surface area (TPSA) is 3.24 Å². The van der Waals surface area contributed by atoms with Gasteiger partial charge in [-0.1, -0.05) is 27.5 Å². The van der Waals surface area contributed by atoms with E-state index in [1.807, 2.05) is 4.90 Å². The lowest BCUT2D eigenvalue weighted by Crippen LogP contribution is -2.17. The van der Waals surface area contributed by atoms with Crippen LogP contribution in [0.25, 0.3) is 0 Å². The summed E-state index contributed by atoms with van der Waals surface area (Å²) in [7, 11) is 0. The monoisotopic (exact) mass is 262 g/mol. The molecule has 0 radical (unpaired) electrons. The van der Waals surface area contributed by atoms with Crippen molar-refractivity contribution < 1.29 is 4.11 Å². The highest BCUT2D eigenvalue weighted by Crippen LogP contribution is 2.27. The fraction of sp³-hybridized carbons (Fsp3) is 0.400. The van der Waals surface area contributed by atoms with E-state index in [0.29, 0.717) is 10.2 Å². The van der Waals surface area contributed by atoms with Gasteiger partial charge in [0.2, 0.25) is 0 Å². The van der Waals surface area contributed by atoms with Crippen LogP contribution in [0.1, 0.15) is 17.0 Å². The fourth-order valence-corrected chi connectivity index (χ4v) is 2.18. The largest absolute Gasteiger partial charge is 0.371 e. The Morgan fingerprint density at radius 3 is 2.69 bits per heavy atom. The van der Waals surface area contributed by atoms with E-state index in [0.717, 1.165) is 25.9 Å². The molecule has 1 nitrogen and oxygen atoms in total. The molecular formula is C10H11BrClN. The normalized spacial score (nSPS) is 19.8. The zero-order chi connectivity index (χ0) is 11.9. The molecule has 1 saturated heterocycles. The number of halogens is 2. The van der Waals surface area contributed by atoms with Crippen molar-refractivity contribution in [2.24, 2.45) is 0 Å². The lowest BCUT2D eigenvalue weighted by Gasteiger charge is -2.17. The van der Waals surface area contributed by atoms with Crippen molar-refractivity contribution in [1.29, 1.82) is 0 Å². The number of anilines is 1. The van der Waals surface area contributed by atoms with E-state index in [9.17, 15) is 0 Å². The maximum absolute atomic E-state index is 7.95. The van der Waals surface area contributed by atoms with Gasteiger partial charge in [-0.15, -0.1) is 0 Å². The van der Waals surface area contributed by atoms with Crippen molar-refractivity contribution in [1.82, 2.24) is 0 Å². The van der Waals surface area contributed by atoms with Crippen LogP contribution in [0.5, 0.6) is 0 Å². The quantitative estimate of drug-likeness (QED) is 0.747. The highest BCUT2D eigenvalue weighted by molar-refractivity contribution is 9.10. The SMILES string of the molecule is [2H]c1c(Cl)c([2H])c(N2CCCC2)c([2H])c1Br. The molecule has 0 N–H and O–H groups in total. The molecule has 0 unspecified atom stereocenters. The Labute approximate surface area is 96.0 Å². The Hall–Kier alpha value is -0.210. The molecule has 0 saturated carbocycles. The third-order valence-electron chi connectivity index (χ3n) is 2.10. The fourth-order valence-electron chi connectivity index (χ4n) is 1.50. The highest BCUT2D eigenvalue weighted by Gasteiger charge is 2.12. The summed E-state index contributed by atoms with van der Waals surface area (Å²) in [5.74, 6) is 0. The molecular weight excluding hydrogens is 249 g/mol. The minimum absolute atomic E-state index is 0.0274. The predicted octanol–water partition coefficient (Wildman–Crippen LogP) is 3.70. The van der Waals surface area contributed by atoms with Gasteiger partial charge in [-0.3, -0.25) is 0 Å². The summed E-state index contributed by atoms with van der Waals surface area (Å²) in [5.41, 5.74) is 0.547. The van der Waals surface area contributed by atoms with Crippen LogP contribution in [0.3, 0.4) is 0 Å². The molecule has 0 atom stereocenters. The minimum atomic E-state index is 0.0274. The predicted molar refractivity (Wildman–Crippen MR) is 60.6 cm³/mol. The van der Waals surface area contributed by atoms with Crippen LogP contribution in [-0.4, -0.2) is 13.1 Å². The van der Waals surface area contributed by atoms with E-state index in [1.54, 1.807) is 0 Å². The molecule has 1 aromatic carbocycles. The van der Waals surface area contributed by atoms with E-state index < -0.39 is 0 Å². The molecule has 13 heavy (non-hydrogen) atoms. The van der Waals surface area contributed by atoms with E-state index in [4.69, 9.17) is 15.7 Å². The summed E-state index contributed by atoms with van der Waals surface area (Å²) in [6.07, 6.45) is 2.16. The van der Waals surface area contributed by atoms with Gasteiger partial charge in [-0.25, -0.2) is 0 Å². The molecule has 70 valence electrons. The standard InChI is InChI=1S/C10H11BrClN/c11-8-5-9(12)7-10(6-8)13-3-1-2-4-13/h5-7H,1-4H2/i5D,6D,7D. The molecule has 1 aliphatic rings. The van der Waals surface area contributed by atoms with E-state index in [1.165, 1.54) is 0 Å². The van der Waals surface area contributed by atoms with Gasteiger partial charge < -0.3 is 4.90 Å². The molecule has 0 aromatic heterocycles. The summed E-state index contributed by atoms with van der Waals surface area (Å²) in [6.45, 7) is 1.72. The second kappa shape index (κ2) is 3.89. The van der Waals surface area contributed by atoms with Gasteiger partial charge in [-0.05, 0) is 31.0 Å². The van der Waals surface area contributed by atoms with Gasteiger partial charge in [0, 0.05) is 28.3 Å². The average Bonchev–Trinajstić information content (AvgIpc) is 2.77. The van der Waals surface area contributed by atoms with Crippen LogP contribution in [0, 0.1) is 0 Å². The summed E-state index contributed by atoms with van der Waals surface area (Å²) < 4.78 is 23.9. The van der Waals surface area contributed by atoms with Crippen LogP contribution >= 0.6 is 27.5 Å². The maximum Gasteiger partial charge on any atom is 0.0660 e. The lowest BCUT2D eigenvalue weighted by molar-refractivity contribution is 0.949. The molecule has 1 fully saturated rings. The van der Waals surface area contributed by atoms with Gasteiger partial charge in [0.15, 0.2) is 0 Å². The molecule has 1 aromatic rings. The van der Waals surface area contributed by atoms with Crippen LogP contribution in [0.2, 0.25) is 5.02 Å². The molecule has 3 heteroatoms. The van der Waals surface area contributed by atoms with Crippen molar-refractivity contribution in [2.45, 2.75) is 12.8 Å². The van der Waals surface area contributed by atoms with Gasteiger partial charge in [0.25, 0.3) is 0 Å². The summed E-state index contributed by atoms with van der Waals surface area (Å²) in [6, 6.07) is 0.322. The molecule has 0 bridgehead atoms. The van der Waals surface area contributed by atoms with Crippen molar-refractivity contribution in [3.8, 4) is 0 Å². The van der Waals surface area contributed by atoms with Crippen molar-refractivity contribution in [3.63, 3.8) is 0 Å². The van der Waals surface area contributed by atoms with Gasteiger partial charge >= 0.3 is 0 Å². The van der Waals surface area contributed by atoms with Gasteiger partial charge in [0.1, 0.15) is 0 Å². The molecule has 1 heterocycles. The minimum Gasteiger partial charge on any atom is -0.371 e. The molecule has 0 aliphatic carbocycles. The Bertz CT molecular complexity index is 404. The smallest absolute Gasteiger partial charge is 0.0660 e. The molecule has 0 amide bonds. The number of nitrogens with zero attached hydrogens (tertiary/aromatic N) is 1. The summed E-state index contributed by atoms with van der Waals surface area (Å²) in [5, 5.41) is 0.116. The Morgan fingerprint density at radius 1 is 1.31 bits per heavy atom. The van der Waals surface area contributed by atoms with Crippen LogP contribution < -0.4 is 4.90 Å². The Morgan fingerprint density at radius 2 is 2.00 bits per heavy atom. The van der Waals surface area contributed by atoms with Crippen LogP contribution in [0.15, 0.2) is 22.6 Å². The lowest BCUT2D eigenvalue weighted by atomic mass is 10.3. The third-order valence-corrected chi connectivity index (χ3v) is 2.68. The van der Waals surface area contributed by atoms with Crippen molar-refractivity contribution >= 4 is 33.2 Å². The highest BCUT2D eigenvalue weighted by atomic mass is 79.9. The first-order valence-electron chi connectivity index (χ1n) is 5.73. The van der Waals surface area contributed by atoms with Crippen LogP contribution in [0.4, 0.5) is 5.69 Å². The van der Waals surface area contributed by atoms with Crippen molar-refractivity contribution in [2.75, 3.05) is 18.0 Å². The number of hydrogen-bond donors (Lipinski definition) is 0. The molecule has 2 rings (SSSR count). The zero-order valence-corrected chi connectivity index (χ0v) is 9.37. The third kappa shape index (κ3) is 2.18. The van der Waals surface area contributed by atoms with Gasteiger partial charge in [0.05, 0.1) is 4.11 Å². The number of rotatable bonds is 1. The molecule has 0 spiro atoms. The average molecular weight is 264 g/mol. The Kier molecular flexibility index (Phi) is 1.89. The first-order valence-corrected chi connectivity index (χ1v) is 5.40. The van der Waals surface area contributed by atoms with Gasteiger partial charge in [-0.2, -0.15) is 0 Å².